The van der Waals surface area contributed by atoms with Crippen molar-refractivity contribution in [3.63, 3.8) is 0 Å². The van der Waals surface area contributed by atoms with Gasteiger partial charge in [-0.1, -0.05) is 122 Å². The van der Waals surface area contributed by atoms with Crippen molar-refractivity contribution in [3.8, 4) is 0 Å². The van der Waals surface area contributed by atoms with Crippen molar-refractivity contribution < 1.29 is 0 Å². The molecule has 24 heavy (non-hydrogen) atoms. The van der Waals surface area contributed by atoms with Crippen LogP contribution in [0.1, 0.15) is 143 Å². The van der Waals surface area contributed by atoms with Gasteiger partial charge in [0.1, 0.15) is 0 Å². The van der Waals surface area contributed by atoms with Gasteiger partial charge in [0.15, 0.2) is 0 Å². The van der Waals surface area contributed by atoms with Crippen molar-refractivity contribution in [1.82, 2.24) is 0 Å². The lowest BCUT2D eigenvalue weighted by atomic mass is 10.0. The quantitative estimate of drug-likeness (QED) is 0.163. The van der Waals surface area contributed by atoms with E-state index in [1.54, 1.807) is 5.57 Å². The number of rotatable bonds is 19. The maximum absolute atomic E-state index is 2.48. The van der Waals surface area contributed by atoms with E-state index in [1.165, 1.54) is 122 Å². The average Bonchev–Trinajstić information content (AvgIpc) is 2.59. The first-order valence-corrected chi connectivity index (χ1v) is 11.5. The van der Waals surface area contributed by atoms with Gasteiger partial charge in [0.2, 0.25) is 0 Å². The van der Waals surface area contributed by atoms with E-state index in [2.05, 4.69) is 26.8 Å². The summed E-state index contributed by atoms with van der Waals surface area (Å²) in [6.45, 7) is 6.91. The minimum Gasteiger partial charge on any atom is -0.0856 e. The lowest BCUT2D eigenvalue weighted by Crippen LogP contribution is -1.84. The molecule has 0 radical (unpaired) electrons. The maximum Gasteiger partial charge on any atom is -0.0323 e. The Labute approximate surface area is 154 Å². The molecular weight excluding hydrogens is 288 g/mol. The Morgan fingerprint density at radius 3 is 1.33 bits per heavy atom. The second-order valence-electron chi connectivity index (χ2n) is 7.89. The highest BCUT2D eigenvalue weighted by Crippen LogP contribution is 2.15. The second-order valence-corrected chi connectivity index (χ2v) is 7.89. The first-order chi connectivity index (χ1) is 11.8. The van der Waals surface area contributed by atoms with Crippen LogP contribution in [0.25, 0.3) is 0 Å². The van der Waals surface area contributed by atoms with Gasteiger partial charge in [-0.2, -0.15) is 0 Å². The van der Waals surface area contributed by atoms with Crippen molar-refractivity contribution in [2.45, 2.75) is 143 Å². The molecule has 0 aliphatic heterocycles. The summed E-state index contributed by atoms with van der Waals surface area (Å²) in [4.78, 5) is 0. The molecule has 0 fully saturated rings. The van der Waals surface area contributed by atoms with Crippen molar-refractivity contribution in [1.29, 1.82) is 0 Å². The van der Waals surface area contributed by atoms with Crippen molar-refractivity contribution >= 4 is 0 Å². The fourth-order valence-electron chi connectivity index (χ4n) is 3.44. The van der Waals surface area contributed by atoms with Crippen molar-refractivity contribution in [2.75, 3.05) is 0 Å². The predicted molar refractivity (Wildman–Crippen MR) is 113 cm³/mol. The van der Waals surface area contributed by atoms with E-state index in [4.69, 9.17) is 0 Å². The molecule has 0 aromatic carbocycles. The highest BCUT2D eigenvalue weighted by Gasteiger charge is 1.95. The van der Waals surface area contributed by atoms with Crippen LogP contribution in [-0.4, -0.2) is 0 Å². The van der Waals surface area contributed by atoms with Crippen LogP contribution < -0.4 is 0 Å². The van der Waals surface area contributed by atoms with Gasteiger partial charge in [0.05, 0.1) is 0 Å². The lowest BCUT2D eigenvalue weighted by Gasteiger charge is -2.04. The van der Waals surface area contributed by atoms with E-state index in [9.17, 15) is 0 Å². The third-order valence-corrected chi connectivity index (χ3v) is 5.23. The van der Waals surface area contributed by atoms with Gasteiger partial charge in [-0.05, 0) is 32.6 Å². The summed E-state index contributed by atoms with van der Waals surface area (Å²) in [5, 5.41) is 0. The number of hydrogen-bond donors (Lipinski definition) is 0. The molecule has 0 aliphatic rings. The second kappa shape index (κ2) is 20.8. The molecule has 0 atom stereocenters. The van der Waals surface area contributed by atoms with E-state index in [0.29, 0.717) is 0 Å². The van der Waals surface area contributed by atoms with Crippen LogP contribution in [0.5, 0.6) is 0 Å². The topological polar surface area (TPSA) is 0 Å². The molecule has 0 heteroatoms. The summed E-state index contributed by atoms with van der Waals surface area (Å²) in [5.74, 6) is 0. The molecule has 0 saturated heterocycles. The first-order valence-electron chi connectivity index (χ1n) is 11.5. The molecule has 0 spiro atoms. The lowest BCUT2D eigenvalue weighted by molar-refractivity contribution is 0.535. The summed E-state index contributed by atoms with van der Waals surface area (Å²) in [7, 11) is 0. The maximum atomic E-state index is 2.48. The van der Waals surface area contributed by atoms with Gasteiger partial charge in [-0.25, -0.2) is 0 Å². The molecule has 0 nitrogen and oxygen atoms in total. The molecule has 0 aromatic rings. The standard InChI is InChI=1S/C24H48/c1-4-6-8-10-11-12-13-14-15-16-17-18-19-21-23-24(3)22-20-9-7-5-2/h22H,4-21,23H2,1-3H3. The van der Waals surface area contributed by atoms with E-state index in [1.807, 2.05) is 0 Å². The molecule has 0 N–H and O–H groups in total. The zero-order chi connectivity index (χ0) is 17.7. The zero-order valence-corrected chi connectivity index (χ0v) is 17.5. The summed E-state index contributed by atoms with van der Waals surface area (Å²) >= 11 is 0. The van der Waals surface area contributed by atoms with Crippen LogP contribution >= 0.6 is 0 Å². The highest BCUT2D eigenvalue weighted by atomic mass is 14.0. The highest BCUT2D eigenvalue weighted by molar-refractivity contribution is 4.97. The average molecular weight is 337 g/mol. The predicted octanol–water partition coefficient (Wildman–Crippen LogP) is 9.38. The molecule has 0 unspecified atom stereocenters. The van der Waals surface area contributed by atoms with Crippen molar-refractivity contribution in [3.05, 3.63) is 11.6 Å². The van der Waals surface area contributed by atoms with Crippen LogP contribution in [0.15, 0.2) is 11.6 Å². The van der Waals surface area contributed by atoms with Crippen LogP contribution in [0.3, 0.4) is 0 Å². The Morgan fingerprint density at radius 1 is 0.500 bits per heavy atom. The number of hydrogen-bond acceptors (Lipinski definition) is 0. The molecule has 0 aromatic heterocycles. The minimum atomic E-state index is 1.30. The van der Waals surface area contributed by atoms with Crippen LogP contribution in [0, 0.1) is 0 Å². The van der Waals surface area contributed by atoms with Gasteiger partial charge in [0.25, 0.3) is 0 Å². The Morgan fingerprint density at radius 2 is 0.875 bits per heavy atom. The van der Waals surface area contributed by atoms with E-state index >= 15 is 0 Å². The van der Waals surface area contributed by atoms with Gasteiger partial charge in [-0.3, -0.25) is 0 Å². The summed E-state index contributed by atoms with van der Waals surface area (Å²) in [6, 6.07) is 0. The molecule has 0 amide bonds. The summed E-state index contributed by atoms with van der Waals surface area (Å²) in [5.41, 5.74) is 1.63. The van der Waals surface area contributed by atoms with Gasteiger partial charge < -0.3 is 0 Å². The summed E-state index contributed by atoms with van der Waals surface area (Å²) in [6.07, 6.45) is 29.6. The molecule has 0 bridgehead atoms. The van der Waals surface area contributed by atoms with Crippen LogP contribution in [0.4, 0.5) is 0 Å². The largest absolute Gasteiger partial charge is 0.0856 e. The third-order valence-electron chi connectivity index (χ3n) is 5.23. The molecule has 0 saturated carbocycles. The van der Waals surface area contributed by atoms with Crippen LogP contribution in [-0.2, 0) is 0 Å². The zero-order valence-electron chi connectivity index (χ0n) is 17.5. The van der Waals surface area contributed by atoms with Gasteiger partial charge in [0, 0.05) is 0 Å². The normalized spacial score (nSPS) is 12.0. The molecular formula is C24H48. The number of allylic oxidation sites excluding steroid dienone is 2. The summed E-state index contributed by atoms with van der Waals surface area (Å²) < 4.78 is 0. The fraction of sp³-hybridized carbons (Fsp3) is 0.917. The SMILES string of the molecule is CCCCCC=C(C)CCCCCCCCCCCCCCCC. The molecule has 0 heterocycles. The third kappa shape index (κ3) is 19.8. The smallest absolute Gasteiger partial charge is 0.0323 e. The van der Waals surface area contributed by atoms with Crippen LogP contribution in [0.2, 0.25) is 0 Å². The Bertz CT molecular complexity index is 251. The van der Waals surface area contributed by atoms with E-state index in [0.717, 1.165) is 0 Å². The Kier molecular flexibility index (Phi) is 20.6. The fourth-order valence-corrected chi connectivity index (χ4v) is 3.44. The Hall–Kier alpha value is -0.260. The molecule has 0 aliphatic carbocycles. The monoisotopic (exact) mass is 336 g/mol. The van der Waals surface area contributed by atoms with E-state index in [-0.39, 0.29) is 0 Å². The minimum absolute atomic E-state index is 1.30. The Balaban J connectivity index is 3.14. The van der Waals surface area contributed by atoms with Gasteiger partial charge >= 0.3 is 0 Å². The van der Waals surface area contributed by atoms with E-state index < -0.39 is 0 Å². The van der Waals surface area contributed by atoms with Crippen molar-refractivity contribution in [2.24, 2.45) is 0 Å². The van der Waals surface area contributed by atoms with Gasteiger partial charge in [-0.15, -0.1) is 0 Å². The number of unbranched alkanes of at least 4 members (excludes halogenated alkanes) is 16. The molecule has 144 valence electrons. The molecule has 0 rings (SSSR count). The first kappa shape index (κ1) is 23.7.